The van der Waals surface area contributed by atoms with E-state index in [-0.39, 0.29) is 0 Å². The van der Waals surface area contributed by atoms with E-state index in [9.17, 15) is 0 Å². The highest BCUT2D eigenvalue weighted by molar-refractivity contribution is 5.80. The first kappa shape index (κ1) is 16.3. The fourth-order valence-electron chi connectivity index (χ4n) is 3.02. The first-order valence-corrected chi connectivity index (χ1v) is 8.70. The van der Waals surface area contributed by atoms with Gasteiger partial charge in [0.1, 0.15) is 0 Å². The minimum absolute atomic E-state index is 0.534. The van der Waals surface area contributed by atoms with Gasteiger partial charge in [-0.2, -0.15) is 0 Å². The van der Waals surface area contributed by atoms with E-state index in [1.54, 1.807) is 0 Å². The lowest BCUT2D eigenvalue weighted by atomic mass is 9.99. The number of nitrogens with one attached hydrogen (secondary N) is 2. The topological polar surface area (TPSA) is 39.7 Å². The van der Waals surface area contributed by atoms with Gasteiger partial charge in [-0.1, -0.05) is 19.1 Å². The smallest absolute Gasteiger partial charge is 0.191 e. The Morgan fingerprint density at radius 1 is 1.24 bits per heavy atom. The molecular weight excluding hydrogens is 260 g/mol. The molecular formula is C17H32N4. The van der Waals surface area contributed by atoms with Crippen molar-refractivity contribution in [2.45, 2.75) is 52.0 Å². The molecule has 2 N–H and O–H groups in total. The van der Waals surface area contributed by atoms with Crippen LogP contribution in [0.5, 0.6) is 0 Å². The van der Waals surface area contributed by atoms with Crippen LogP contribution in [0.2, 0.25) is 0 Å². The number of nitrogens with zero attached hydrogens (tertiary/aromatic N) is 2. The third kappa shape index (κ3) is 6.08. The molecule has 0 atom stereocenters. The van der Waals surface area contributed by atoms with E-state index >= 15 is 0 Å². The summed E-state index contributed by atoms with van der Waals surface area (Å²) in [4.78, 5) is 7.31. The van der Waals surface area contributed by atoms with Gasteiger partial charge >= 0.3 is 0 Å². The van der Waals surface area contributed by atoms with Crippen molar-refractivity contribution in [3.05, 3.63) is 12.2 Å². The van der Waals surface area contributed by atoms with E-state index < -0.39 is 0 Å². The number of hydrogen-bond acceptors (Lipinski definition) is 2. The average Bonchev–Trinajstić information content (AvgIpc) is 2.98. The summed E-state index contributed by atoms with van der Waals surface area (Å²) >= 11 is 0. The molecule has 21 heavy (non-hydrogen) atoms. The van der Waals surface area contributed by atoms with Gasteiger partial charge in [0.2, 0.25) is 0 Å². The number of likely N-dealkylation sites (tertiary alicyclic amines) is 1. The second kappa shape index (κ2) is 9.08. The van der Waals surface area contributed by atoms with Crippen molar-refractivity contribution in [3.8, 4) is 0 Å². The minimum Gasteiger partial charge on any atom is -0.357 e. The summed E-state index contributed by atoms with van der Waals surface area (Å²) in [7, 11) is 0. The van der Waals surface area contributed by atoms with Crippen LogP contribution in [-0.4, -0.2) is 49.6 Å². The molecule has 4 heteroatoms. The zero-order valence-corrected chi connectivity index (χ0v) is 13.8. The number of guanidine groups is 1. The SMILES string of the molecule is CCNC(=NCCCN1CCC(C)CC1)NC1CC=CC1. The fourth-order valence-corrected chi connectivity index (χ4v) is 3.02. The van der Waals surface area contributed by atoms with E-state index in [0.717, 1.165) is 44.2 Å². The molecule has 1 aliphatic heterocycles. The maximum Gasteiger partial charge on any atom is 0.191 e. The third-order valence-electron chi connectivity index (χ3n) is 4.47. The van der Waals surface area contributed by atoms with E-state index in [4.69, 9.17) is 4.99 Å². The molecule has 1 aliphatic carbocycles. The Morgan fingerprint density at radius 3 is 2.62 bits per heavy atom. The maximum atomic E-state index is 4.72. The first-order valence-electron chi connectivity index (χ1n) is 8.70. The van der Waals surface area contributed by atoms with Crippen molar-refractivity contribution >= 4 is 5.96 Å². The van der Waals surface area contributed by atoms with Crippen LogP contribution in [-0.2, 0) is 0 Å². The summed E-state index contributed by atoms with van der Waals surface area (Å²) in [6.45, 7) is 10.1. The highest BCUT2D eigenvalue weighted by Gasteiger charge is 2.15. The van der Waals surface area contributed by atoms with Crippen molar-refractivity contribution in [2.24, 2.45) is 10.9 Å². The van der Waals surface area contributed by atoms with Crippen LogP contribution in [0.3, 0.4) is 0 Å². The lowest BCUT2D eigenvalue weighted by Crippen LogP contribution is -2.42. The van der Waals surface area contributed by atoms with Crippen LogP contribution >= 0.6 is 0 Å². The Hall–Kier alpha value is -1.03. The zero-order chi connectivity index (χ0) is 14.9. The number of aliphatic imine (C=N–C) groups is 1. The van der Waals surface area contributed by atoms with Gasteiger partial charge in [0.25, 0.3) is 0 Å². The molecule has 0 aromatic rings. The van der Waals surface area contributed by atoms with Crippen LogP contribution in [0.15, 0.2) is 17.1 Å². The second-order valence-corrected chi connectivity index (χ2v) is 6.42. The van der Waals surface area contributed by atoms with Crippen molar-refractivity contribution in [3.63, 3.8) is 0 Å². The molecule has 0 radical (unpaired) electrons. The summed E-state index contributed by atoms with van der Waals surface area (Å²) in [5.74, 6) is 1.90. The van der Waals surface area contributed by atoms with Gasteiger partial charge in [-0.3, -0.25) is 4.99 Å². The maximum absolute atomic E-state index is 4.72. The van der Waals surface area contributed by atoms with E-state index in [2.05, 4.69) is 41.5 Å². The monoisotopic (exact) mass is 292 g/mol. The molecule has 120 valence electrons. The van der Waals surface area contributed by atoms with Crippen LogP contribution in [0.1, 0.15) is 46.0 Å². The molecule has 4 nitrogen and oxygen atoms in total. The van der Waals surface area contributed by atoms with Crippen LogP contribution in [0.25, 0.3) is 0 Å². The quantitative estimate of drug-likeness (QED) is 0.342. The molecule has 1 fully saturated rings. The van der Waals surface area contributed by atoms with E-state index in [1.807, 2.05) is 0 Å². The molecule has 0 amide bonds. The Kier molecular flexibility index (Phi) is 7.07. The summed E-state index contributed by atoms with van der Waals surface area (Å²) in [6, 6.07) is 0.534. The second-order valence-electron chi connectivity index (χ2n) is 6.42. The average molecular weight is 292 g/mol. The normalized spacial score (nSPS) is 21.9. The molecule has 0 unspecified atom stereocenters. The van der Waals surface area contributed by atoms with Crippen LogP contribution in [0, 0.1) is 5.92 Å². The van der Waals surface area contributed by atoms with Gasteiger partial charge in [0.15, 0.2) is 5.96 Å². The molecule has 0 aromatic carbocycles. The lowest BCUT2D eigenvalue weighted by Gasteiger charge is -2.29. The molecule has 0 bridgehead atoms. The van der Waals surface area contributed by atoms with E-state index in [1.165, 1.54) is 32.5 Å². The van der Waals surface area contributed by atoms with Gasteiger partial charge in [0, 0.05) is 19.1 Å². The molecule has 1 saturated heterocycles. The highest BCUT2D eigenvalue weighted by Crippen LogP contribution is 2.15. The Morgan fingerprint density at radius 2 is 1.95 bits per heavy atom. The molecule has 0 aromatic heterocycles. The summed E-state index contributed by atoms with van der Waals surface area (Å²) in [5, 5.41) is 6.88. The molecule has 1 heterocycles. The summed E-state index contributed by atoms with van der Waals surface area (Å²) in [5.41, 5.74) is 0. The summed E-state index contributed by atoms with van der Waals surface area (Å²) < 4.78 is 0. The highest BCUT2D eigenvalue weighted by atomic mass is 15.2. The number of rotatable bonds is 6. The largest absolute Gasteiger partial charge is 0.357 e. The van der Waals surface area contributed by atoms with Gasteiger partial charge in [0.05, 0.1) is 0 Å². The Labute approximate surface area is 130 Å². The molecule has 0 saturated carbocycles. The Balaban J connectivity index is 1.64. The standard InChI is InChI=1S/C17H32N4/c1-3-18-17(20-16-7-4-5-8-16)19-11-6-12-21-13-9-15(2)10-14-21/h4-5,15-16H,3,6-14H2,1-2H3,(H2,18,19,20). The minimum atomic E-state index is 0.534. The number of piperidine rings is 1. The van der Waals surface area contributed by atoms with Gasteiger partial charge in [-0.15, -0.1) is 0 Å². The predicted octanol–water partition coefficient (Wildman–Crippen LogP) is 2.38. The number of hydrogen-bond donors (Lipinski definition) is 2. The third-order valence-corrected chi connectivity index (χ3v) is 4.47. The molecule has 2 aliphatic rings. The lowest BCUT2D eigenvalue weighted by molar-refractivity contribution is 0.192. The Bertz CT molecular complexity index is 335. The van der Waals surface area contributed by atoms with Gasteiger partial charge in [-0.05, 0) is 64.6 Å². The van der Waals surface area contributed by atoms with Crippen molar-refractivity contribution < 1.29 is 0 Å². The van der Waals surface area contributed by atoms with Crippen molar-refractivity contribution in [1.29, 1.82) is 0 Å². The predicted molar refractivity (Wildman–Crippen MR) is 90.7 cm³/mol. The van der Waals surface area contributed by atoms with Crippen LogP contribution < -0.4 is 10.6 Å². The molecule has 0 spiro atoms. The first-order chi connectivity index (χ1) is 10.3. The van der Waals surface area contributed by atoms with Gasteiger partial charge < -0.3 is 15.5 Å². The van der Waals surface area contributed by atoms with E-state index in [0.29, 0.717) is 6.04 Å². The zero-order valence-electron chi connectivity index (χ0n) is 13.8. The summed E-state index contributed by atoms with van der Waals surface area (Å²) in [6.07, 6.45) is 10.6. The molecule has 2 rings (SSSR count). The van der Waals surface area contributed by atoms with Crippen LogP contribution in [0.4, 0.5) is 0 Å². The van der Waals surface area contributed by atoms with Crippen molar-refractivity contribution in [2.75, 3.05) is 32.7 Å². The van der Waals surface area contributed by atoms with Crippen molar-refractivity contribution in [1.82, 2.24) is 15.5 Å². The fraction of sp³-hybridized carbons (Fsp3) is 0.824. The van der Waals surface area contributed by atoms with Gasteiger partial charge in [-0.25, -0.2) is 0 Å².